The van der Waals surface area contributed by atoms with E-state index in [2.05, 4.69) is 55.2 Å². The molecule has 5 heterocycles. The Morgan fingerprint density at radius 1 is 0.934 bits per heavy atom. The van der Waals surface area contributed by atoms with E-state index in [-0.39, 0.29) is 37.1 Å². The number of imide groups is 1. The van der Waals surface area contributed by atoms with Gasteiger partial charge in [-0.25, -0.2) is 14.4 Å². The highest BCUT2D eigenvalue weighted by atomic mass is 35.5. The second kappa shape index (κ2) is 18.2. The number of anilines is 1. The Morgan fingerprint density at radius 3 is 2.46 bits per heavy atom. The van der Waals surface area contributed by atoms with Crippen LogP contribution in [0.25, 0.3) is 11.3 Å². The maximum Gasteiger partial charge on any atom is 0.255 e. The molecule has 3 aliphatic heterocycles. The minimum atomic E-state index is -0.713. The lowest BCUT2D eigenvalue weighted by atomic mass is 9.85. The summed E-state index contributed by atoms with van der Waals surface area (Å²) in [7, 11) is 1.99. The van der Waals surface area contributed by atoms with Gasteiger partial charge in [-0.05, 0) is 137 Å². The van der Waals surface area contributed by atoms with Crippen LogP contribution in [0, 0.1) is 11.7 Å². The number of carbonyl (C=O) groups is 3. The van der Waals surface area contributed by atoms with E-state index in [1.165, 1.54) is 35.1 Å². The van der Waals surface area contributed by atoms with Crippen molar-refractivity contribution in [3.63, 3.8) is 0 Å². The predicted molar refractivity (Wildman–Crippen MR) is 230 cm³/mol. The van der Waals surface area contributed by atoms with Crippen LogP contribution in [0.3, 0.4) is 0 Å². The smallest absolute Gasteiger partial charge is 0.255 e. The highest BCUT2D eigenvalue weighted by molar-refractivity contribution is 6.33. The summed E-state index contributed by atoms with van der Waals surface area (Å²) in [6.45, 7) is 4.35. The van der Waals surface area contributed by atoms with E-state index in [0.29, 0.717) is 35.2 Å². The number of piperidine rings is 2. The van der Waals surface area contributed by atoms with Gasteiger partial charge in [0.15, 0.2) is 0 Å². The molecular weight excluding hydrogens is 797 g/mol. The number of rotatable bonds is 15. The van der Waals surface area contributed by atoms with Gasteiger partial charge in [0, 0.05) is 62.0 Å². The van der Waals surface area contributed by atoms with E-state index in [9.17, 15) is 18.8 Å². The molecule has 5 aliphatic rings. The first kappa shape index (κ1) is 41.4. The minimum Gasteiger partial charge on any atom is -0.492 e. The number of fused-ring (bicyclic) bond motifs is 1. The molecule has 3 amide bonds. The van der Waals surface area contributed by atoms with Gasteiger partial charge in [-0.2, -0.15) is 5.10 Å². The summed E-state index contributed by atoms with van der Waals surface area (Å²) in [6.07, 6.45) is 14.5. The molecule has 0 bridgehead atoms. The molecule has 0 radical (unpaired) electrons. The first-order chi connectivity index (χ1) is 29.6. The molecule has 1 atom stereocenters. The Morgan fingerprint density at radius 2 is 1.70 bits per heavy atom. The van der Waals surface area contributed by atoms with Gasteiger partial charge in [-0.3, -0.25) is 24.4 Å². The van der Waals surface area contributed by atoms with E-state index in [0.717, 1.165) is 112 Å². The van der Waals surface area contributed by atoms with Crippen LogP contribution in [0.2, 0.25) is 5.02 Å². The van der Waals surface area contributed by atoms with Crippen LogP contribution in [0.1, 0.15) is 103 Å². The quantitative estimate of drug-likeness (QED) is 0.0935. The van der Waals surface area contributed by atoms with Crippen molar-refractivity contribution in [2.24, 2.45) is 13.0 Å². The average molecular weight is 852 g/mol. The molecule has 2 aliphatic carbocycles. The molecule has 2 saturated carbocycles. The number of nitrogens with zero attached hydrogens (tertiary/aromatic N) is 6. The summed E-state index contributed by atoms with van der Waals surface area (Å²) >= 11 is 6.59. The zero-order valence-electron chi connectivity index (χ0n) is 34.8. The van der Waals surface area contributed by atoms with E-state index in [1.807, 2.05) is 17.9 Å². The molecule has 1 unspecified atom stereocenters. The molecule has 4 fully saturated rings. The van der Waals surface area contributed by atoms with Gasteiger partial charge in [-0.1, -0.05) is 23.7 Å². The van der Waals surface area contributed by atoms with E-state index >= 15 is 0 Å². The third-order valence-electron chi connectivity index (χ3n) is 13.4. The second-order valence-corrected chi connectivity index (χ2v) is 18.0. The number of aryl methyl sites for hydroxylation is 1. The lowest BCUT2D eigenvalue weighted by Gasteiger charge is -2.33. The first-order valence-corrected chi connectivity index (χ1v) is 22.5. The van der Waals surface area contributed by atoms with Crippen molar-refractivity contribution in [3.05, 3.63) is 87.6 Å². The van der Waals surface area contributed by atoms with Crippen LogP contribution < -0.4 is 20.7 Å². The fraction of sp³-hybridized carbons (Fsp3) is 0.522. The van der Waals surface area contributed by atoms with Crippen LogP contribution in [-0.2, 0) is 36.0 Å². The standard InChI is InChI=1S/C46H55ClFN9O4/c1-55-41(22-29-2-3-29)37(25-51-55)43-39(47)26-50-46(54-43)52-33-8-6-32(7-9-33)49-17-21-61-34-10-4-28(5-11-34)14-18-56-19-15-30(16-20-56)35-23-31(48)24-36-38(35)27-57(45(36)60)40-12-13-42(58)53-44(40)59/h4-5,10-11,23-26,29-30,32-33,40,49H,2-3,6-9,12-22,27H2,1H3,(H,50,52,54)(H,53,58,59). The molecule has 3 N–H and O–H groups in total. The fourth-order valence-electron chi connectivity index (χ4n) is 9.70. The first-order valence-electron chi connectivity index (χ1n) is 22.1. The molecule has 2 aromatic heterocycles. The molecule has 2 aromatic carbocycles. The van der Waals surface area contributed by atoms with Crippen molar-refractivity contribution >= 4 is 35.3 Å². The number of amides is 3. The Hall–Kier alpha value is -4.92. The van der Waals surface area contributed by atoms with Crippen LogP contribution in [0.4, 0.5) is 10.3 Å². The molecule has 9 rings (SSSR count). The minimum absolute atomic E-state index is 0.140. The van der Waals surface area contributed by atoms with E-state index in [4.69, 9.17) is 21.3 Å². The van der Waals surface area contributed by atoms with Gasteiger partial charge in [-0.15, -0.1) is 0 Å². The Labute approximate surface area is 361 Å². The maximum absolute atomic E-state index is 14.9. The number of benzene rings is 2. The number of ether oxygens (including phenoxy) is 1. The third-order valence-corrected chi connectivity index (χ3v) is 13.7. The van der Waals surface area contributed by atoms with Gasteiger partial charge < -0.3 is 25.2 Å². The van der Waals surface area contributed by atoms with Crippen molar-refractivity contribution in [1.82, 2.24) is 40.2 Å². The summed E-state index contributed by atoms with van der Waals surface area (Å²) in [5.74, 6) is 0.812. The normalized spacial score (nSPS) is 22.4. The summed E-state index contributed by atoms with van der Waals surface area (Å²) in [5.41, 5.74) is 6.23. The zero-order valence-corrected chi connectivity index (χ0v) is 35.6. The van der Waals surface area contributed by atoms with Gasteiger partial charge in [0.25, 0.3) is 5.91 Å². The Kier molecular flexibility index (Phi) is 12.4. The molecular formula is C46H55ClFN9O4. The highest BCUT2D eigenvalue weighted by Gasteiger charge is 2.41. The number of hydrogen-bond donors (Lipinski definition) is 3. The van der Waals surface area contributed by atoms with Gasteiger partial charge in [0.1, 0.15) is 24.2 Å². The number of halogens is 2. The fourth-order valence-corrected chi connectivity index (χ4v) is 9.90. The number of hydrogen-bond acceptors (Lipinski definition) is 10. The monoisotopic (exact) mass is 851 g/mol. The predicted octanol–water partition coefficient (Wildman–Crippen LogP) is 6.20. The van der Waals surface area contributed by atoms with E-state index in [1.54, 1.807) is 12.3 Å². The van der Waals surface area contributed by atoms with Crippen LogP contribution in [0.5, 0.6) is 5.75 Å². The summed E-state index contributed by atoms with van der Waals surface area (Å²) in [6, 6.07) is 11.3. The Balaban J connectivity index is 0.674. The maximum atomic E-state index is 14.9. The molecule has 15 heteroatoms. The number of likely N-dealkylation sites (tertiary alicyclic amines) is 1. The average Bonchev–Trinajstić information content (AvgIpc) is 3.94. The number of nitrogens with one attached hydrogen (secondary N) is 3. The number of carbonyl (C=O) groups excluding carboxylic acids is 3. The van der Waals surface area contributed by atoms with Crippen molar-refractivity contribution in [3.8, 4) is 17.0 Å². The van der Waals surface area contributed by atoms with Crippen LogP contribution >= 0.6 is 11.6 Å². The third kappa shape index (κ3) is 9.61. The molecule has 4 aromatic rings. The Bertz CT molecular complexity index is 2250. The van der Waals surface area contributed by atoms with Crippen molar-refractivity contribution < 1.29 is 23.5 Å². The summed E-state index contributed by atoms with van der Waals surface area (Å²) in [5, 5.41) is 14.6. The van der Waals surface area contributed by atoms with Crippen molar-refractivity contribution in [2.75, 3.05) is 38.1 Å². The van der Waals surface area contributed by atoms with Crippen LogP contribution in [0.15, 0.2) is 48.8 Å². The molecule has 61 heavy (non-hydrogen) atoms. The second-order valence-electron chi connectivity index (χ2n) is 17.6. The molecule has 0 spiro atoms. The number of aromatic nitrogens is 4. The molecule has 13 nitrogen and oxygen atoms in total. The van der Waals surface area contributed by atoms with Gasteiger partial charge in [0.05, 0.1) is 23.1 Å². The molecule has 322 valence electrons. The van der Waals surface area contributed by atoms with Crippen molar-refractivity contribution in [2.45, 2.75) is 108 Å². The lowest BCUT2D eigenvalue weighted by molar-refractivity contribution is -0.136. The topological polar surface area (TPSA) is 147 Å². The highest BCUT2D eigenvalue weighted by Crippen LogP contribution is 2.39. The lowest BCUT2D eigenvalue weighted by Crippen LogP contribution is -2.52. The van der Waals surface area contributed by atoms with Gasteiger partial charge in [0.2, 0.25) is 17.8 Å². The zero-order chi connectivity index (χ0) is 42.0. The summed E-state index contributed by atoms with van der Waals surface area (Å²) in [4.78, 5) is 50.9. The SMILES string of the molecule is Cn1ncc(-c2nc(NC3CCC(NCCOc4ccc(CCN5CCC(c6cc(F)cc7c6CN(C6CCC(=O)NC6=O)C7=O)CC5)cc4)CC3)ncc2Cl)c1CC1CC1. The summed E-state index contributed by atoms with van der Waals surface area (Å²) < 4.78 is 22.9. The van der Waals surface area contributed by atoms with Gasteiger partial charge >= 0.3 is 0 Å². The largest absolute Gasteiger partial charge is 0.492 e. The van der Waals surface area contributed by atoms with E-state index < -0.39 is 17.8 Å². The van der Waals surface area contributed by atoms with Crippen LogP contribution in [-0.4, -0.2) is 98.2 Å². The molecule has 2 saturated heterocycles. The van der Waals surface area contributed by atoms with Crippen molar-refractivity contribution in [1.29, 1.82) is 0 Å².